The van der Waals surface area contributed by atoms with Crippen LogP contribution in [0.25, 0.3) is 0 Å². The number of nitrogens with two attached hydrogens (primary N) is 1. The minimum atomic E-state index is -0.262. The Kier molecular flexibility index (Phi) is 4.78. The fourth-order valence-corrected chi connectivity index (χ4v) is 2.59. The molecule has 0 aliphatic rings. The van der Waals surface area contributed by atoms with Crippen molar-refractivity contribution in [3.8, 4) is 0 Å². The Balaban J connectivity index is 2.31. The summed E-state index contributed by atoms with van der Waals surface area (Å²) in [5, 5.41) is 0. The van der Waals surface area contributed by atoms with Gasteiger partial charge in [0.15, 0.2) is 0 Å². The lowest BCUT2D eigenvalue weighted by molar-refractivity contribution is 0.616. The van der Waals surface area contributed by atoms with Crippen molar-refractivity contribution in [1.82, 2.24) is 0 Å². The molecule has 1 atom stereocenters. The summed E-state index contributed by atoms with van der Waals surface area (Å²) in [5.74, 6) is -0.262. The summed E-state index contributed by atoms with van der Waals surface area (Å²) in [6, 6.07) is 13.3. The van der Waals surface area contributed by atoms with E-state index in [1.165, 1.54) is 11.6 Å². The van der Waals surface area contributed by atoms with Crippen molar-refractivity contribution in [3.63, 3.8) is 0 Å². The molecule has 2 nitrogen and oxygen atoms in total. The van der Waals surface area contributed by atoms with Crippen LogP contribution in [0.3, 0.4) is 0 Å². The molecule has 0 amide bonds. The average Bonchev–Trinajstić information content (AvgIpc) is 2.44. The van der Waals surface area contributed by atoms with Gasteiger partial charge in [0, 0.05) is 19.3 Å². The molecule has 2 N–H and O–H groups in total. The number of anilines is 1. The maximum absolute atomic E-state index is 13.3. The lowest BCUT2D eigenvalue weighted by Gasteiger charge is -2.29. The number of halogens is 2. The van der Waals surface area contributed by atoms with Crippen molar-refractivity contribution < 1.29 is 4.39 Å². The van der Waals surface area contributed by atoms with Gasteiger partial charge in [0.1, 0.15) is 5.82 Å². The molecule has 0 saturated carbocycles. The monoisotopic (exact) mass is 336 g/mol. The number of likely N-dealkylation sites (N-methyl/N-ethyl adjacent to an activating group) is 1. The van der Waals surface area contributed by atoms with Crippen LogP contribution in [0.4, 0.5) is 10.1 Å². The molecular weight excluding hydrogens is 319 g/mol. The average molecular weight is 337 g/mol. The third-order valence-corrected chi connectivity index (χ3v) is 4.07. The molecule has 106 valence electrons. The predicted octanol–water partition coefficient (Wildman–Crippen LogP) is 4.03. The summed E-state index contributed by atoms with van der Waals surface area (Å²) in [4.78, 5) is 2.11. The van der Waals surface area contributed by atoms with E-state index in [4.69, 9.17) is 5.73 Å². The number of aryl methyl sites for hydroxylation is 1. The van der Waals surface area contributed by atoms with Crippen LogP contribution in [-0.2, 0) is 0 Å². The molecule has 2 aromatic carbocycles. The summed E-state index contributed by atoms with van der Waals surface area (Å²) >= 11 is 3.22. The first-order valence-electron chi connectivity index (χ1n) is 6.47. The van der Waals surface area contributed by atoms with E-state index < -0.39 is 0 Å². The molecule has 0 saturated heterocycles. The van der Waals surface area contributed by atoms with Crippen LogP contribution >= 0.6 is 15.9 Å². The quantitative estimate of drug-likeness (QED) is 0.913. The van der Waals surface area contributed by atoms with Crippen molar-refractivity contribution in [2.45, 2.75) is 13.0 Å². The fraction of sp³-hybridized carbons (Fsp3) is 0.250. The van der Waals surface area contributed by atoms with Gasteiger partial charge in [0.2, 0.25) is 0 Å². The normalized spacial score (nSPS) is 12.2. The van der Waals surface area contributed by atoms with Gasteiger partial charge in [-0.05, 0) is 52.7 Å². The fourth-order valence-electron chi connectivity index (χ4n) is 2.20. The van der Waals surface area contributed by atoms with Gasteiger partial charge in [0.05, 0.1) is 10.5 Å². The molecule has 0 heterocycles. The zero-order chi connectivity index (χ0) is 14.7. The lowest BCUT2D eigenvalue weighted by atomic mass is 10.0. The lowest BCUT2D eigenvalue weighted by Crippen LogP contribution is -2.30. The van der Waals surface area contributed by atoms with Gasteiger partial charge in [-0.25, -0.2) is 4.39 Å². The summed E-state index contributed by atoms with van der Waals surface area (Å²) < 4.78 is 13.8. The van der Waals surface area contributed by atoms with E-state index in [1.807, 2.05) is 7.05 Å². The van der Waals surface area contributed by atoms with Gasteiger partial charge in [-0.1, -0.05) is 23.8 Å². The molecular formula is C16H18BrFN2. The van der Waals surface area contributed by atoms with Crippen LogP contribution in [0.15, 0.2) is 46.9 Å². The van der Waals surface area contributed by atoms with Crippen molar-refractivity contribution in [3.05, 3.63) is 63.9 Å². The Bertz CT molecular complexity index is 584. The topological polar surface area (TPSA) is 29.3 Å². The zero-order valence-corrected chi connectivity index (χ0v) is 13.2. The van der Waals surface area contributed by atoms with Gasteiger partial charge < -0.3 is 10.6 Å². The molecule has 2 aromatic rings. The van der Waals surface area contributed by atoms with Crippen LogP contribution in [0.2, 0.25) is 0 Å². The minimum absolute atomic E-state index is 0.00889. The molecule has 1 unspecified atom stereocenters. The highest BCUT2D eigenvalue weighted by molar-refractivity contribution is 9.10. The largest absolute Gasteiger partial charge is 0.366 e. The number of rotatable bonds is 4. The van der Waals surface area contributed by atoms with Gasteiger partial charge in [0.25, 0.3) is 0 Å². The van der Waals surface area contributed by atoms with Crippen LogP contribution in [0.1, 0.15) is 17.2 Å². The van der Waals surface area contributed by atoms with Crippen LogP contribution in [-0.4, -0.2) is 13.6 Å². The SMILES string of the molecule is Cc1ccc(N(C)C(CN)c2ccc(F)c(Br)c2)cc1. The number of hydrogen-bond donors (Lipinski definition) is 1. The highest BCUT2D eigenvalue weighted by atomic mass is 79.9. The van der Waals surface area contributed by atoms with E-state index in [0.29, 0.717) is 11.0 Å². The Hall–Kier alpha value is -1.39. The van der Waals surface area contributed by atoms with Gasteiger partial charge in [-0.3, -0.25) is 0 Å². The standard InChI is InChI=1S/C16H18BrFN2/c1-11-3-6-13(7-4-11)20(2)16(10-19)12-5-8-15(18)14(17)9-12/h3-9,16H,10,19H2,1-2H3. The van der Waals surface area contributed by atoms with Crippen molar-refractivity contribution in [1.29, 1.82) is 0 Å². The maximum atomic E-state index is 13.3. The second-order valence-electron chi connectivity index (χ2n) is 4.87. The third-order valence-electron chi connectivity index (χ3n) is 3.46. The first-order valence-corrected chi connectivity index (χ1v) is 7.26. The summed E-state index contributed by atoms with van der Waals surface area (Å²) in [6.45, 7) is 2.52. The molecule has 0 bridgehead atoms. The number of hydrogen-bond acceptors (Lipinski definition) is 2. The molecule has 0 fully saturated rings. The van der Waals surface area contributed by atoms with E-state index in [9.17, 15) is 4.39 Å². The van der Waals surface area contributed by atoms with Crippen LogP contribution in [0.5, 0.6) is 0 Å². The summed E-state index contributed by atoms with van der Waals surface area (Å²) in [7, 11) is 2.00. The molecule has 20 heavy (non-hydrogen) atoms. The highest BCUT2D eigenvalue weighted by Crippen LogP contribution is 2.28. The Morgan fingerprint density at radius 3 is 2.40 bits per heavy atom. The smallest absolute Gasteiger partial charge is 0.137 e. The van der Waals surface area contributed by atoms with Crippen molar-refractivity contribution >= 4 is 21.6 Å². The second-order valence-corrected chi connectivity index (χ2v) is 5.73. The molecule has 0 radical (unpaired) electrons. The summed E-state index contributed by atoms with van der Waals surface area (Å²) in [6.07, 6.45) is 0. The Morgan fingerprint density at radius 1 is 1.20 bits per heavy atom. The third kappa shape index (κ3) is 3.19. The first kappa shape index (κ1) is 15.0. The van der Waals surface area contributed by atoms with E-state index in [1.54, 1.807) is 12.1 Å². The van der Waals surface area contributed by atoms with Crippen molar-refractivity contribution in [2.75, 3.05) is 18.5 Å². The van der Waals surface area contributed by atoms with Crippen molar-refractivity contribution in [2.24, 2.45) is 5.73 Å². The van der Waals surface area contributed by atoms with Crippen LogP contribution in [0, 0.1) is 12.7 Å². The van der Waals surface area contributed by atoms with E-state index >= 15 is 0 Å². The molecule has 0 aliphatic carbocycles. The van der Waals surface area contributed by atoms with Gasteiger partial charge in [-0.15, -0.1) is 0 Å². The van der Waals surface area contributed by atoms with E-state index in [0.717, 1.165) is 11.3 Å². The number of nitrogens with zero attached hydrogens (tertiary/aromatic N) is 1. The van der Waals surface area contributed by atoms with Gasteiger partial charge in [-0.2, -0.15) is 0 Å². The first-order chi connectivity index (χ1) is 9.52. The summed E-state index contributed by atoms with van der Waals surface area (Å²) in [5.41, 5.74) is 9.21. The molecule has 0 aliphatic heterocycles. The zero-order valence-electron chi connectivity index (χ0n) is 11.6. The minimum Gasteiger partial charge on any atom is -0.366 e. The number of benzene rings is 2. The molecule has 0 aromatic heterocycles. The van der Waals surface area contributed by atoms with E-state index in [2.05, 4.69) is 52.0 Å². The molecule has 2 rings (SSSR count). The molecule has 4 heteroatoms. The second kappa shape index (κ2) is 6.37. The predicted molar refractivity (Wildman–Crippen MR) is 85.5 cm³/mol. The highest BCUT2D eigenvalue weighted by Gasteiger charge is 2.17. The molecule has 0 spiro atoms. The van der Waals surface area contributed by atoms with Crippen LogP contribution < -0.4 is 10.6 Å². The van der Waals surface area contributed by atoms with E-state index in [-0.39, 0.29) is 11.9 Å². The Labute approximate surface area is 127 Å². The van der Waals surface area contributed by atoms with Gasteiger partial charge >= 0.3 is 0 Å². The maximum Gasteiger partial charge on any atom is 0.137 e. The Morgan fingerprint density at radius 2 is 1.85 bits per heavy atom.